The third-order valence-electron chi connectivity index (χ3n) is 5.48. The van der Waals surface area contributed by atoms with Gasteiger partial charge in [-0.15, -0.1) is 11.8 Å². The van der Waals surface area contributed by atoms with E-state index in [1.54, 1.807) is 0 Å². The number of thioether (sulfide) groups is 1. The molecule has 2 aliphatic heterocycles. The Labute approximate surface area is 191 Å². The van der Waals surface area contributed by atoms with E-state index in [0.29, 0.717) is 17.1 Å². The van der Waals surface area contributed by atoms with Crippen molar-refractivity contribution in [2.75, 3.05) is 5.75 Å². The van der Waals surface area contributed by atoms with Crippen molar-refractivity contribution >= 4 is 23.6 Å². The molecular formula is C24H25N3O4S. The van der Waals surface area contributed by atoms with Gasteiger partial charge < -0.3 is 15.3 Å². The van der Waals surface area contributed by atoms with Gasteiger partial charge in [-0.25, -0.2) is 4.79 Å². The molecular weight excluding hydrogens is 426 g/mol. The Morgan fingerprint density at radius 1 is 1.06 bits per heavy atom. The van der Waals surface area contributed by atoms with E-state index in [-0.39, 0.29) is 17.0 Å². The number of allylic oxidation sites excluding steroid dienone is 2. The molecule has 4 rings (SSSR count). The van der Waals surface area contributed by atoms with Crippen molar-refractivity contribution < 1.29 is 19.2 Å². The van der Waals surface area contributed by atoms with Crippen LogP contribution in [0.2, 0.25) is 0 Å². The molecule has 1 amide bonds. The van der Waals surface area contributed by atoms with Gasteiger partial charge in [0.05, 0.1) is 0 Å². The average Bonchev–Trinajstić information content (AvgIpc) is 2.82. The smallest absolute Gasteiger partial charge is 0.356 e. The van der Waals surface area contributed by atoms with Gasteiger partial charge in [-0.1, -0.05) is 60.7 Å². The first-order chi connectivity index (χ1) is 15.4. The first-order valence-corrected chi connectivity index (χ1v) is 11.3. The van der Waals surface area contributed by atoms with Crippen LogP contribution in [-0.2, 0) is 19.2 Å². The number of nitrogens with zero attached hydrogens (tertiary/aromatic N) is 1. The minimum Gasteiger partial charge on any atom is -0.448 e. The van der Waals surface area contributed by atoms with Crippen LogP contribution in [0.1, 0.15) is 31.1 Å². The number of esters is 1. The van der Waals surface area contributed by atoms with Crippen molar-refractivity contribution in [1.29, 1.82) is 0 Å². The zero-order chi connectivity index (χ0) is 22.8. The fraction of sp³-hybridized carbons (Fsp3) is 0.250. The summed E-state index contributed by atoms with van der Waals surface area (Å²) in [5, 5.41) is -0.322. The molecule has 0 aromatic heterocycles. The number of nitrogens with two attached hydrogens (primary N) is 2. The number of carbonyl (C=O) groups excluding carboxylic acids is 2. The van der Waals surface area contributed by atoms with Crippen molar-refractivity contribution in [2.45, 2.75) is 31.4 Å². The summed E-state index contributed by atoms with van der Waals surface area (Å²) >= 11 is 1.47. The predicted molar refractivity (Wildman–Crippen MR) is 123 cm³/mol. The second kappa shape index (κ2) is 9.20. The van der Waals surface area contributed by atoms with E-state index in [2.05, 4.69) is 0 Å². The SMILES string of the molecule is CC(C)=C(ON)C1=C(C(=O)OC(c2ccccc2)c2ccccc2)N2C(=O)C(N)[C@@H]2SC1. The quantitative estimate of drug-likeness (QED) is 0.301. The van der Waals surface area contributed by atoms with E-state index in [1.807, 2.05) is 74.5 Å². The second-order valence-corrected chi connectivity index (χ2v) is 8.92. The van der Waals surface area contributed by atoms with Crippen LogP contribution in [0.25, 0.3) is 0 Å². The van der Waals surface area contributed by atoms with Gasteiger partial charge in [0.2, 0.25) is 5.91 Å². The number of amides is 1. The molecule has 166 valence electrons. The Balaban J connectivity index is 1.77. The summed E-state index contributed by atoms with van der Waals surface area (Å²) in [7, 11) is 0. The van der Waals surface area contributed by atoms with Gasteiger partial charge in [-0.05, 0) is 30.5 Å². The highest BCUT2D eigenvalue weighted by Gasteiger charge is 2.53. The van der Waals surface area contributed by atoms with E-state index in [0.717, 1.165) is 16.7 Å². The number of hydrogen-bond donors (Lipinski definition) is 2. The van der Waals surface area contributed by atoms with Crippen LogP contribution in [0.3, 0.4) is 0 Å². The normalized spacial score (nSPS) is 19.9. The number of ether oxygens (including phenoxy) is 1. The third kappa shape index (κ3) is 3.92. The van der Waals surface area contributed by atoms with Gasteiger partial charge in [0, 0.05) is 11.3 Å². The number of carbonyl (C=O) groups is 2. The maximum Gasteiger partial charge on any atom is 0.356 e. The van der Waals surface area contributed by atoms with E-state index >= 15 is 0 Å². The predicted octanol–water partition coefficient (Wildman–Crippen LogP) is 3.00. The third-order valence-corrected chi connectivity index (χ3v) is 6.78. The minimum absolute atomic E-state index is 0.138. The number of benzene rings is 2. The molecule has 2 heterocycles. The summed E-state index contributed by atoms with van der Waals surface area (Å²) in [6.07, 6.45) is -0.648. The molecule has 2 atom stereocenters. The van der Waals surface area contributed by atoms with Gasteiger partial charge in [-0.3, -0.25) is 9.69 Å². The number of fused-ring (bicyclic) bond motifs is 1. The van der Waals surface area contributed by atoms with Gasteiger partial charge in [0.25, 0.3) is 0 Å². The number of β-lactam (4-membered cyclic amide) rings is 1. The summed E-state index contributed by atoms with van der Waals surface area (Å²) in [4.78, 5) is 32.7. The Bertz CT molecular complexity index is 1040. The highest BCUT2D eigenvalue weighted by Crippen LogP contribution is 2.43. The van der Waals surface area contributed by atoms with Crippen LogP contribution in [0.4, 0.5) is 0 Å². The molecule has 32 heavy (non-hydrogen) atoms. The van der Waals surface area contributed by atoms with Crippen LogP contribution in [0.5, 0.6) is 0 Å². The maximum absolute atomic E-state index is 13.6. The molecule has 0 spiro atoms. The van der Waals surface area contributed by atoms with Crippen molar-refractivity contribution in [3.63, 3.8) is 0 Å². The Hall–Kier alpha value is -3.07. The van der Waals surface area contributed by atoms with Crippen LogP contribution < -0.4 is 11.6 Å². The van der Waals surface area contributed by atoms with Gasteiger partial charge >= 0.3 is 5.97 Å². The number of rotatable bonds is 6. The van der Waals surface area contributed by atoms with Crippen molar-refractivity contribution in [1.82, 2.24) is 4.90 Å². The lowest BCUT2D eigenvalue weighted by Crippen LogP contribution is -2.68. The van der Waals surface area contributed by atoms with Crippen LogP contribution in [0.15, 0.2) is 83.3 Å². The van der Waals surface area contributed by atoms with E-state index < -0.39 is 18.1 Å². The molecule has 2 aliphatic rings. The standard InChI is InChI=1S/C24H25N3O4S/c1-14(2)20(31-26)17-13-32-23-18(25)22(28)27(23)19(17)24(29)30-21(15-9-5-3-6-10-15)16-11-7-4-8-12-16/h3-12,18,21,23H,13,25-26H2,1-2H3/t18?,23-/m0/s1. The Morgan fingerprint density at radius 3 is 2.12 bits per heavy atom. The fourth-order valence-electron chi connectivity index (χ4n) is 3.92. The van der Waals surface area contributed by atoms with E-state index in [9.17, 15) is 9.59 Å². The zero-order valence-corrected chi connectivity index (χ0v) is 18.7. The summed E-state index contributed by atoms with van der Waals surface area (Å²) in [5.74, 6) is 5.37. The molecule has 2 aromatic carbocycles. The molecule has 7 nitrogen and oxygen atoms in total. The highest BCUT2D eigenvalue weighted by molar-refractivity contribution is 8.00. The van der Waals surface area contributed by atoms with E-state index in [1.165, 1.54) is 16.7 Å². The summed E-state index contributed by atoms with van der Waals surface area (Å²) < 4.78 is 6.04. The Morgan fingerprint density at radius 2 is 1.62 bits per heavy atom. The summed E-state index contributed by atoms with van der Waals surface area (Å²) in [6.45, 7) is 3.66. The zero-order valence-electron chi connectivity index (χ0n) is 17.9. The lowest BCUT2D eigenvalue weighted by molar-refractivity contribution is -0.153. The van der Waals surface area contributed by atoms with Crippen LogP contribution in [0, 0.1) is 0 Å². The highest BCUT2D eigenvalue weighted by atomic mass is 32.2. The molecule has 0 bridgehead atoms. The molecule has 4 N–H and O–H groups in total. The van der Waals surface area contributed by atoms with Gasteiger partial charge in [0.1, 0.15) is 17.1 Å². The first-order valence-electron chi connectivity index (χ1n) is 10.2. The van der Waals surface area contributed by atoms with Crippen LogP contribution in [-0.4, -0.2) is 33.9 Å². The fourth-order valence-corrected chi connectivity index (χ4v) is 5.20. The Kier molecular flexibility index (Phi) is 6.36. The molecule has 0 saturated carbocycles. The molecule has 8 heteroatoms. The van der Waals surface area contributed by atoms with Crippen molar-refractivity contribution in [3.05, 3.63) is 94.4 Å². The van der Waals surface area contributed by atoms with Crippen molar-refractivity contribution in [3.8, 4) is 0 Å². The molecule has 0 aliphatic carbocycles. The lowest BCUT2D eigenvalue weighted by atomic mass is 10.00. The molecule has 1 fully saturated rings. The molecule has 2 aromatic rings. The van der Waals surface area contributed by atoms with Gasteiger partial charge in [0.15, 0.2) is 11.9 Å². The molecule has 1 saturated heterocycles. The molecule has 0 radical (unpaired) electrons. The summed E-state index contributed by atoms with van der Waals surface area (Å²) in [6, 6.07) is 18.3. The van der Waals surface area contributed by atoms with Crippen molar-refractivity contribution in [2.24, 2.45) is 11.6 Å². The number of hydrogen-bond acceptors (Lipinski definition) is 7. The first kappa shape index (κ1) is 22.1. The van der Waals surface area contributed by atoms with E-state index in [4.69, 9.17) is 21.2 Å². The second-order valence-electron chi connectivity index (χ2n) is 7.82. The molecule has 1 unspecified atom stereocenters. The lowest BCUT2D eigenvalue weighted by Gasteiger charge is -2.48. The largest absolute Gasteiger partial charge is 0.448 e. The maximum atomic E-state index is 13.6. The average molecular weight is 452 g/mol. The summed E-state index contributed by atoms with van der Waals surface area (Å²) in [5.41, 5.74) is 9.07. The van der Waals surface area contributed by atoms with Crippen LogP contribution >= 0.6 is 11.8 Å². The van der Waals surface area contributed by atoms with Gasteiger partial charge in [-0.2, -0.15) is 5.90 Å². The minimum atomic E-state index is -0.655. The topological polar surface area (TPSA) is 108 Å². The monoisotopic (exact) mass is 451 g/mol.